The number of carbonyl (C=O) groups excluding carboxylic acids is 2. The Balaban J connectivity index is 1.99. The molecule has 1 fully saturated rings. The lowest BCUT2D eigenvalue weighted by Crippen LogP contribution is -2.29. The summed E-state index contributed by atoms with van der Waals surface area (Å²) in [7, 11) is 0. The second kappa shape index (κ2) is 6.77. The highest BCUT2D eigenvalue weighted by Gasteiger charge is 2.48. The lowest BCUT2D eigenvalue weighted by Gasteiger charge is -2.22. The van der Waals surface area contributed by atoms with Crippen LogP contribution >= 0.6 is 0 Å². The van der Waals surface area contributed by atoms with Crippen molar-refractivity contribution in [3.05, 3.63) is 75.8 Å². The molecule has 29 heavy (non-hydrogen) atoms. The number of aromatic amines is 1. The van der Waals surface area contributed by atoms with Gasteiger partial charge >= 0.3 is 5.91 Å². The zero-order valence-electron chi connectivity index (χ0n) is 16.6. The van der Waals surface area contributed by atoms with E-state index in [0.29, 0.717) is 16.9 Å². The average molecular weight is 391 g/mol. The van der Waals surface area contributed by atoms with E-state index < -0.39 is 17.7 Å². The highest BCUT2D eigenvalue weighted by Crippen LogP contribution is 2.42. The highest BCUT2D eigenvalue weighted by molar-refractivity contribution is 6.51. The Morgan fingerprint density at radius 2 is 1.79 bits per heavy atom. The number of nitrogens with one attached hydrogen (secondary N) is 1. The Morgan fingerprint density at radius 1 is 1.10 bits per heavy atom. The smallest absolute Gasteiger partial charge is 0.301 e. The van der Waals surface area contributed by atoms with Crippen LogP contribution in [0.5, 0.6) is 0 Å². The van der Waals surface area contributed by atoms with E-state index >= 15 is 0 Å². The van der Waals surface area contributed by atoms with Gasteiger partial charge in [-0.25, -0.2) is 0 Å². The molecule has 1 aliphatic heterocycles. The summed E-state index contributed by atoms with van der Waals surface area (Å²) in [6.45, 7) is 7.29. The van der Waals surface area contributed by atoms with Crippen LogP contribution in [0.3, 0.4) is 0 Å². The van der Waals surface area contributed by atoms with Gasteiger partial charge in [-0.1, -0.05) is 35.5 Å². The van der Waals surface area contributed by atoms with Crippen LogP contribution < -0.4 is 4.90 Å². The van der Waals surface area contributed by atoms with Crippen molar-refractivity contribution in [3.8, 4) is 0 Å². The van der Waals surface area contributed by atoms with Gasteiger partial charge in [0.25, 0.3) is 5.78 Å². The fraction of sp³-hybridized carbons (Fsp3) is 0.227. The minimum absolute atomic E-state index is 0.0343. The monoisotopic (exact) mass is 391 g/mol. The quantitative estimate of drug-likeness (QED) is 0.401. The summed E-state index contributed by atoms with van der Waals surface area (Å²) in [5, 5.41) is 15.1. The first-order valence-electron chi connectivity index (χ1n) is 9.26. The van der Waals surface area contributed by atoms with E-state index in [2.05, 4.69) is 10.1 Å². The van der Waals surface area contributed by atoms with Gasteiger partial charge in [0.2, 0.25) is 0 Å². The first-order valence-corrected chi connectivity index (χ1v) is 9.26. The van der Waals surface area contributed by atoms with Gasteiger partial charge in [0, 0.05) is 23.0 Å². The first-order chi connectivity index (χ1) is 13.8. The third kappa shape index (κ3) is 2.86. The van der Waals surface area contributed by atoms with Gasteiger partial charge in [-0.3, -0.25) is 14.5 Å². The summed E-state index contributed by atoms with van der Waals surface area (Å²) >= 11 is 0. The molecule has 7 nitrogen and oxygen atoms in total. The molecular weight excluding hydrogens is 370 g/mol. The highest BCUT2D eigenvalue weighted by atomic mass is 16.5. The number of rotatable bonds is 3. The standard InChI is InChI=1S/C22H21N3O4/c1-11-10-16(24-29-11)25-19(15-8-6-5-7-9-15)18(21(27)22(25)28)20(26)17-12(2)13(3)23-14(17)4/h5-10,19,23,26H,1-4H3/b20-18+. The van der Waals surface area contributed by atoms with Crippen molar-refractivity contribution in [2.75, 3.05) is 4.90 Å². The predicted octanol–water partition coefficient (Wildman–Crippen LogP) is 3.86. The predicted molar refractivity (Wildman–Crippen MR) is 107 cm³/mol. The van der Waals surface area contributed by atoms with Gasteiger partial charge in [-0.2, -0.15) is 0 Å². The van der Waals surface area contributed by atoms with Gasteiger partial charge in [0.05, 0.1) is 11.6 Å². The van der Waals surface area contributed by atoms with Crippen molar-refractivity contribution in [1.29, 1.82) is 0 Å². The van der Waals surface area contributed by atoms with E-state index in [1.165, 1.54) is 4.90 Å². The Bertz CT molecular complexity index is 1150. The number of H-pyrrole nitrogens is 1. The second-order valence-corrected chi connectivity index (χ2v) is 7.25. The molecule has 0 aliphatic carbocycles. The number of ketones is 1. The maximum atomic E-state index is 13.0. The van der Waals surface area contributed by atoms with E-state index in [1.807, 2.05) is 51.1 Å². The minimum Gasteiger partial charge on any atom is -0.507 e. The summed E-state index contributed by atoms with van der Waals surface area (Å²) in [5.41, 5.74) is 3.71. The van der Waals surface area contributed by atoms with Crippen LogP contribution in [0.25, 0.3) is 5.76 Å². The van der Waals surface area contributed by atoms with E-state index in [-0.39, 0.29) is 17.2 Å². The largest absolute Gasteiger partial charge is 0.507 e. The third-order valence-electron chi connectivity index (χ3n) is 5.35. The molecular formula is C22H21N3O4. The molecule has 1 amide bonds. The fourth-order valence-electron chi connectivity index (χ4n) is 3.88. The van der Waals surface area contributed by atoms with Crippen molar-refractivity contribution in [1.82, 2.24) is 10.1 Å². The minimum atomic E-state index is -0.810. The number of anilines is 1. The Hall–Kier alpha value is -3.61. The number of hydrogen-bond acceptors (Lipinski definition) is 5. The van der Waals surface area contributed by atoms with Crippen molar-refractivity contribution >= 4 is 23.3 Å². The van der Waals surface area contributed by atoms with E-state index in [1.54, 1.807) is 13.0 Å². The summed E-state index contributed by atoms with van der Waals surface area (Å²) in [5.74, 6) is -0.956. The molecule has 1 atom stereocenters. The zero-order chi connectivity index (χ0) is 20.9. The number of aryl methyl sites for hydroxylation is 3. The van der Waals surface area contributed by atoms with Crippen LogP contribution in [0.2, 0.25) is 0 Å². The molecule has 2 aromatic heterocycles. The van der Waals surface area contributed by atoms with Crippen molar-refractivity contribution in [3.63, 3.8) is 0 Å². The summed E-state index contributed by atoms with van der Waals surface area (Å²) in [4.78, 5) is 30.5. The number of aliphatic hydroxyl groups is 1. The Kier molecular flexibility index (Phi) is 4.38. The van der Waals surface area contributed by atoms with Crippen molar-refractivity contribution in [2.45, 2.75) is 33.7 Å². The van der Waals surface area contributed by atoms with Crippen LogP contribution in [-0.4, -0.2) is 26.9 Å². The van der Waals surface area contributed by atoms with Crippen molar-refractivity contribution < 1.29 is 19.2 Å². The van der Waals surface area contributed by atoms with Crippen molar-refractivity contribution in [2.24, 2.45) is 0 Å². The topological polar surface area (TPSA) is 99.4 Å². The third-order valence-corrected chi connectivity index (χ3v) is 5.35. The molecule has 0 bridgehead atoms. The molecule has 1 unspecified atom stereocenters. The molecule has 3 aromatic rings. The Labute approximate surface area is 167 Å². The molecule has 1 aliphatic rings. The number of Topliss-reactive ketones (excluding diaryl/α,β-unsaturated/α-hetero) is 1. The fourth-order valence-corrected chi connectivity index (χ4v) is 3.88. The van der Waals surface area contributed by atoms with Gasteiger partial charge in [-0.15, -0.1) is 0 Å². The molecule has 2 N–H and O–H groups in total. The second-order valence-electron chi connectivity index (χ2n) is 7.25. The van der Waals surface area contributed by atoms with Crippen LogP contribution in [-0.2, 0) is 9.59 Å². The SMILES string of the molecule is Cc1cc(N2C(=O)C(=O)/C(=C(/O)c3c(C)[nH]c(C)c3C)C2c2ccccc2)no1. The summed E-state index contributed by atoms with van der Waals surface area (Å²) in [6, 6.07) is 9.89. The van der Waals surface area contributed by atoms with Crippen LogP contribution in [0, 0.1) is 27.7 Å². The summed E-state index contributed by atoms with van der Waals surface area (Å²) < 4.78 is 5.13. The van der Waals surface area contributed by atoms with Crippen LogP contribution in [0.1, 0.15) is 39.9 Å². The first kappa shape index (κ1) is 18.7. The lowest BCUT2D eigenvalue weighted by molar-refractivity contribution is -0.132. The Morgan fingerprint density at radius 3 is 2.34 bits per heavy atom. The van der Waals surface area contributed by atoms with Gasteiger partial charge in [0.1, 0.15) is 11.5 Å². The number of nitrogens with zero attached hydrogens (tertiary/aromatic N) is 2. The van der Waals surface area contributed by atoms with Gasteiger partial charge in [0.15, 0.2) is 5.82 Å². The molecule has 1 saturated heterocycles. The van der Waals surface area contributed by atoms with Gasteiger partial charge in [-0.05, 0) is 38.8 Å². The molecule has 7 heteroatoms. The number of carbonyl (C=O) groups is 2. The number of amides is 1. The van der Waals surface area contributed by atoms with E-state index in [9.17, 15) is 14.7 Å². The summed E-state index contributed by atoms with van der Waals surface area (Å²) in [6.07, 6.45) is 0. The van der Waals surface area contributed by atoms with Crippen LogP contribution in [0.15, 0.2) is 46.5 Å². The lowest BCUT2D eigenvalue weighted by atomic mass is 9.94. The number of aliphatic hydroxyl groups excluding tert-OH is 1. The van der Waals surface area contributed by atoms with E-state index in [4.69, 9.17) is 4.52 Å². The molecule has 148 valence electrons. The molecule has 0 radical (unpaired) electrons. The maximum absolute atomic E-state index is 13.0. The van der Waals surface area contributed by atoms with Gasteiger partial charge < -0.3 is 14.6 Å². The number of benzene rings is 1. The van der Waals surface area contributed by atoms with Crippen LogP contribution in [0.4, 0.5) is 5.82 Å². The molecule has 1 aromatic carbocycles. The molecule has 4 rings (SSSR count). The average Bonchev–Trinajstić information content (AvgIpc) is 3.31. The molecule has 3 heterocycles. The number of aromatic nitrogens is 2. The number of hydrogen-bond donors (Lipinski definition) is 2. The maximum Gasteiger partial charge on any atom is 0.301 e. The molecule has 0 saturated carbocycles. The molecule has 0 spiro atoms. The van der Waals surface area contributed by atoms with E-state index in [0.717, 1.165) is 17.0 Å². The zero-order valence-corrected chi connectivity index (χ0v) is 16.6. The normalized spacial score (nSPS) is 18.6.